The molecular formula is C19H27F3O. The maximum atomic E-state index is 14.4. The van der Waals surface area contributed by atoms with Crippen molar-refractivity contribution in [1.29, 1.82) is 0 Å². The van der Waals surface area contributed by atoms with E-state index < -0.39 is 17.8 Å². The molecule has 0 radical (unpaired) electrons. The fourth-order valence-corrected chi connectivity index (χ4v) is 3.66. The Morgan fingerprint density at radius 1 is 1.09 bits per heavy atom. The van der Waals surface area contributed by atoms with Gasteiger partial charge >= 0.3 is 6.11 Å². The first-order valence-electron chi connectivity index (χ1n) is 8.73. The fourth-order valence-electron chi connectivity index (χ4n) is 3.66. The average Bonchev–Trinajstić information content (AvgIpc) is 2.54. The molecule has 1 aliphatic heterocycles. The largest absolute Gasteiger partial charge is 0.429 e. The topological polar surface area (TPSA) is 9.23 Å². The Labute approximate surface area is 137 Å². The van der Waals surface area contributed by atoms with Gasteiger partial charge in [-0.1, -0.05) is 45.7 Å². The zero-order valence-corrected chi connectivity index (χ0v) is 14.5. The van der Waals surface area contributed by atoms with Gasteiger partial charge in [0.2, 0.25) is 0 Å². The van der Waals surface area contributed by atoms with Crippen LogP contribution in [-0.2, 0) is 6.42 Å². The molecule has 0 aromatic heterocycles. The van der Waals surface area contributed by atoms with Gasteiger partial charge in [-0.25, -0.2) is 4.39 Å². The summed E-state index contributed by atoms with van der Waals surface area (Å²) in [6, 6.07) is 3.36. The Bertz CT molecular complexity index is 534. The SMILES string of the molecule is CC.Cc1ccc2c(c1F)OC(F)(F)C(C1CCC(C)CC1)C2. The molecule has 1 heterocycles. The molecule has 1 saturated carbocycles. The molecule has 1 nitrogen and oxygen atoms in total. The number of hydrogen-bond acceptors (Lipinski definition) is 1. The summed E-state index contributed by atoms with van der Waals surface area (Å²) in [6.07, 6.45) is 0.549. The van der Waals surface area contributed by atoms with E-state index in [9.17, 15) is 13.2 Å². The van der Waals surface area contributed by atoms with Crippen molar-refractivity contribution in [2.24, 2.45) is 17.8 Å². The molecular weight excluding hydrogens is 301 g/mol. The van der Waals surface area contributed by atoms with Gasteiger partial charge in [0.1, 0.15) is 0 Å². The molecule has 0 bridgehead atoms. The minimum atomic E-state index is -3.27. The molecule has 1 aromatic carbocycles. The number of hydrogen-bond donors (Lipinski definition) is 0. The molecule has 2 aliphatic rings. The molecule has 130 valence electrons. The first kappa shape index (κ1) is 18.2. The monoisotopic (exact) mass is 328 g/mol. The number of halogens is 3. The highest BCUT2D eigenvalue weighted by Crippen LogP contribution is 2.48. The first-order chi connectivity index (χ1) is 10.9. The summed E-state index contributed by atoms with van der Waals surface area (Å²) >= 11 is 0. The standard InChI is InChI=1S/C17H21F3O.C2H6/c1-10-3-6-12(7-4-10)14-9-13-8-5-11(2)15(18)16(13)21-17(14,19)20;1-2/h5,8,10,12,14H,3-4,6-7,9H2,1-2H3;1-2H3. The number of rotatable bonds is 1. The fraction of sp³-hybridized carbons (Fsp3) is 0.684. The second-order valence-electron chi connectivity index (χ2n) is 6.68. The Hall–Kier alpha value is -1.19. The van der Waals surface area contributed by atoms with Crippen LogP contribution in [0.3, 0.4) is 0 Å². The normalized spacial score (nSPS) is 28.9. The lowest BCUT2D eigenvalue weighted by atomic mass is 9.73. The molecule has 1 unspecified atom stereocenters. The van der Waals surface area contributed by atoms with Crippen LogP contribution in [0.1, 0.15) is 57.6 Å². The van der Waals surface area contributed by atoms with Gasteiger partial charge in [0.15, 0.2) is 11.6 Å². The van der Waals surface area contributed by atoms with E-state index in [2.05, 4.69) is 6.92 Å². The molecule has 0 spiro atoms. The molecule has 0 saturated heterocycles. The summed E-state index contributed by atoms with van der Waals surface area (Å²) in [5, 5.41) is 0. The van der Waals surface area contributed by atoms with E-state index in [0.717, 1.165) is 25.7 Å². The van der Waals surface area contributed by atoms with Crippen LogP contribution in [0.2, 0.25) is 0 Å². The smallest absolute Gasteiger partial charge is 0.401 e. The van der Waals surface area contributed by atoms with Crippen LogP contribution in [0.4, 0.5) is 13.2 Å². The summed E-state index contributed by atoms with van der Waals surface area (Å²) in [7, 11) is 0. The molecule has 1 atom stereocenters. The molecule has 0 N–H and O–H groups in total. The first-order valence-corrected chi connectivity index (χ1v) is 8.73. The number of aryl methyl sites for hydroxylation is 1. The van der Waals surface area contributed by atoms with Crippen molar-refractivity contribution in [3.63, 3.8) is 0 Å². The molecule has 4 heteroatoms. The van der Waals surface area contributed by atoms with Crippen molar-refractivity contribution in [3.8, 4) is 5.75 Å². The van der Waals surface area contributed by atoms with Crippen LogP contribution in [0.5, 0.6) is 5.75 Å². The molecule has 1 aliphatic carbocycles. The second-order valence-corrected chi connectivity index (χ2v) is 6.68. The number of benzene rings is 1. The maximum Gasteiger partial charge on any atom is 0.401 e. The highest BCUT2D eigenvalue weighted by atomic mass is 19.3. The lowest BCUT2D eigenvalue weighted by Crippen LogP contribution is -2.44. The second kappa shape index (κ2) is 7.14. The quantitative estimate of drug-likeness (QED) is 0.602. The molecule has 3 rings (SSSR count). The van der Waals surface area contributed by atoms with E-state index in [0.29, 0.717) is 17.0 Å². The van der Waals surface area contributed by atoms with Crippen LogP contribution in [0, 0.1) is 30.5 Å². The predicted molar refractivity (Wildman–Crippen MR) is 86.4 cm³/mol. The molecule has 0 amide bonds. The van der Waals surface area contributed by atoms with Crippen LogP contribution >= 0.6 is 0 Å². The van der Waals surface area contributed by atoms with Crippen LogP contribution < -0.4 is 4.74 Å². The van der Waals surface area contributed by atoms with Crippen molar-refractivity contribution in [3.05, 3.63) is 29.1 Å². The van der Waals surface area contributed by atoms with E-state index in [1.54, 1.807) is 19.1 Å². The third-order valence-electron chi connectivity index (χ3n) is 5.11. The third kappa shape index (κ3) is 3.67. The summed E-state index contributed by atoms with van der Waals surface area (Å²) < 4.78 is 47.5. The zero-order valence-electron chi connectivity index (χ0n) is 14.5. The summed E-state index contributed by atoms with van der Waals surface area (Å²) in [6.45, 7) is 7.73. The summed E-state index contributed by atoms with van der Waals surface area (Å²) in [5.74, 6) is -1.15. The summed E-state index contributed by atoms with van der Waals surface area (Å²) in [5.41, 5.74) is 0.919. The minimum absolute atomic E-state index is 0.0336. The Morgan fingerprint density at radius 2 is 1.70 bits per heavy atom. The highest BCUT2D eigenvalue weighted by Gasteiger charge is 2.50. The van der Waals surface area contributed by atoms with E-state index in [4.69, 9.17) is 4.74 Å². The van der Waals surface area contributed by atoms with Gasteiger partial charge in [-0.05, 0) is 49.1 Å². The van der Waals surface area contributed by atoms with Crippen LogP contribution in [0.15, 0.2) is 12.1 Å². The van der Waals surface area contributed by atoms with Crippen molar-refractivity contribution in [2.75, 3.05) is 0 Å². The average molecular weight is 328 g/mol. The van der Waals surface area contributed by atoms with Crippen molar-refractivity contribution < 1.29 is 17.9 Å². The van der Waals surface area contributed by atoms with E-state index in [1.807, 2.05) is 13.8 Å². The summed E-state index contributed by atoms with van der Waals surface area (Å²) in [4.78, 5) is 0. The number of alkyl halides is 2. The van der Waals surface area contributed by atoms with Gasteiger partial charge in [0, 0.05) is 0 Å². The van der Waals surface area contributed by atoms with E-state index in [1.165, 1.54) is 0 Å². The van der Waals surface area contributed by atoms with Crippen LogP contribution in [-0.4, -0.2) is 6.11 Å². The van der Waals surface area contributed by atoms with Crippen molar-refractivity contribution in [1.82, 2.24) is 0 Å². The number of fused-ring (bicyclic) bond motifs is 1. The van der Waals surface area contributed by atoms with E-state index >= 15 is 0 Å². The Balaban J connectivity index is 0.000000924. The maximum absolute atomic E-state index is 14.4. The lowest BCUT2D eigenvalue weighted by molar-refractivity contribution is -0.239. The van der Waals surface area contributed by atoms with Gasteiger partial charge in [-0.3, -0.25) is 0 Å². The van der Waals surface area contributed by atoms with Crippen LogP contribution in [0.25, 0.3) is 0 Å². The zero-order chi connectivity index (χ0) is 17.2. The van der Waals surface area contributed by atoms with Gasteiger partial charge in [-0.15, -0.1) is 0 Å². The predicted octanol–water partition coefficient (Wildman–Crippen LogP) is 6.13. The Morgan fingerprint density at radius 3 is 2.30 bits per heavy atom. The number of ether oxygens (including phenoxy) is 1. The molecule has 23 heavy (non-hydrogen) atoms. The van der Waals surface area contributed by atoms with Gasteiger partial charge in [-0.2, -0.15) is 8.78 Å². The third-order valence-corrected chi connectivity index (χ3v) is 5.11. The highest BCUT2D eigenvalue weighted by molar-refractivity contribution is 5.41. The lowest BCUT2D eigenvalue weighted by Gasteiger charge is -2.40. The van der Waals surface area contributed by atoms with Crippen molar-refractivity contribution >= 4 is 0 Å². The minimum Gasteiger partial charge on any atom is -0.429 e. The van der Waals surface area contributed by atoms with Crippen molar-refractivity contribution in [2.45, 2.75) is 65.9 Å². The molecule has 1 fully saturated rings. The van der Waals surface area contributed by atoms with E-state index in [-0.39, 0.29) is 18.1 Å². The van der Waals surface area contributed by atoms with Gasteiger partial charge in [0.05, 0.1) is 5.92 Å². The van der Waals surface area contributed by atoms with Gasteiger partial charge in [0.25, 0.3) is 0 Å². The van der Waals surface area contributed by atoms with Gasteiger partial charge < -0.3 is 4.74 Å². The Kier molecular flexibility index (Phi) is 5.64. The molecule has 1 aromatic rings.